The van der Waals surface area contributed by atoms with E-state index in [2.05, 4.69) is 0 Å². The Morgan fingerprint density at radius 2 is 2.13 bits per heavy atom. The molecule has 1 aliphatic heterocycles. The lowest BCUT2D eigenvalue weighted by Crippen LogP contribution is -2.24. The van der Waals surface area contributed by atoms with Gasteiger partial charge in [0, 0.05) is 5.69 Å². The minimum atomic E-state index is -0.171. The molecule has 15 heavy (non-hydrogen) atoms. The lowest BCUT2D eigenvalue weighted by Gasteiger charge is -2.15. The molecule has 0 bridgehead atoms. The van der Waals surface area contributed by atoms with Crippen LogP contribution in [0.3, 0.4) is 0 Å². The first kappa shape index (κ1) is 9.86. The minimum absolute atomic E-state index is 0.0106. The number of ketones is 1. The smallest absolute Gasteiger partial charge is 0.234 e. The fourth-order valence-corrected chi connectivity index (χ4v) is 1.64. The Morgan fingerprint density at radius 3 is 2.73 bits per heavy atom. The standard InChI is InChI=1S/C11H11NO3/c13-7-8-2-1-3-9(4-8)12-6-10(14)5-11(12)15/h1-4,13H,5-7H2. The van der Waals surface area contributed by atoms with Crippen LogP contribution in [0.25, 0.3) is 0 Å². The van der Waals surface area contributed by atoms with Crippen molar-refractivity contribution < 1.29 is 14.7 Å². The third-order valence-electron chi connectivity index (χ3n) is 2.39. The molecule has 0 unspecified atom stereocenters. The van der Waals surface area contributed by atoms with E-state index in [4.69, 9.17) is 5.11 Å². The average Bonchev–Trinajstić information content (AvgIpc) is 2.58. The first-order valence-electron chi connectivity index (χ1n) is 4.72. The molecule has 1 aromatic rings. The normalized spacial score (nSPS) is 16.2. The maximum Gasteiger partial charge on any atom is 0.234 e. The van der Waals surface area contributed by atoms with Gasteiger partial charge < -0.3 is 10.0 Å². The van der Waals surface area contributed by atoms with Crippen LogP contribution in [0.1, 0.15) is 12.0 Å². The summed E-state index contributed by atoms with van der Waals surface area (Å²) in [5.41, 5.74) is 1.41. The van der Waals surface area contributed by atoms with E-state index in [1.807, 2.05) is 0 Å². The molecular formula is C11H11NO3. The van der Waals surface area contributed by atoms with E-state index in [-0.39, 0.29) is 31.3 Å². The molecule has 4 nitrogen and oxygen atoms in total. The van der Waals surface area contributed by atoms with Gasteiger partial charge in [-0.2, -0.15) is 0 Å². The molecule has 1 N–H and O–H groups in total. The highest BCUT2D eigenvalue weighted by Crippen LogP contribution is 2.20. The highest BCUT2D eigenvalue weighted by Gasteiger charge is 2.28. The first-order valence-corrected chi connectivity index (χ1v) is 4.72. The summed E-state index contributed by atoms with van der Waals surface area (Å²) in [6.45, 7) is 0.0809. The van der Waals surface area contributed by atoms with Crippen molar-refractivity contribution in [3.63, 3.8) is 0 Å². The van der Waals surface area contributed by atoms with Crippen molar-refractivity contribution in [3.8, 4) is 0 Å². The van der Waals surface area contributed by atoms with Crippen LogP contribution in [0.4, 0.5) is 5.69 Å². The third-order valence-corrected chi connectivity index (χ3v) is 2.39. The molecule has 0 radical (unpaired) electrons. The Balaban J connectivity index is 2.29. The van der Waals surface area contributed by atoms with Crippen LogP contribution in [0.2, 0.25) is 0 Å². The van der Waals surface area contributed by atoms with Crippen LogP contribution in [-0.2, 0) is 16.2 Å². The molecule has 1 amide bonds. The third kappa shape index (κ3) is 1.89. The summed E-state index contributed by atoms with van der Waals surface area (Å²) in [5, 5.41) is 8.95. The van der Waals surface area contributed by atoms with Gasteiger partial charge in [0.05, 0.1) is 19.6 Å². The van der Waals surface area contributed by atoms with E-state index in [9.17, 15) is 9.59 Å². The van der Waals surface area contributed by atoms with Crippen molar-refractivity contribution >= 4 is 17.4 Å². The molecule has 2 rings (SSSR count). The van der Waals surface area contributed by atoms with Crippen molar-refractivity contribution in [3.05, 3.63) is 29.8 Å². The Bertz CT molecular complexity index is 414. The van der Waals surface area contributed by atoms with Crippen LogP contribution in [0.5, 0.6) is 0 Å². The van der Waals surface area contributed by atoms with Crippen LogP contribution in [0, 0.1) is 0 Å². The molecular weight excluding hydrogens is 194 g/mol. The molecule has 0 aromatic heterocycles. The zero-order valence-electron chi connectivity index (χ0n) is 8.14. The molecule has 1 aliphatic rings. The van der Waals surface area contributed by atoms with Crippen LogP contribution in [0.15, 0.2) is 24.3 Å². The second kappa shape index (κ2) is 3.82. The van der Waals surface area contributed by atoms with Gasteiger partial charge in [-0.25, -0.2) is 0 Å². The van der Waals surface area contributed by atoms with Crippen LogP contribution < -0.4 is 4.90 Å². The Hall–Kier alpha value is -1.68. The summed E-state index contributed by atoms with van der Waals surface area (Å²) in [6.07, 6.45) is -0.0106. The SMILES string of the molecule is O=C1CC(=O)N(c2cccc(CO)c2)C1. The second-order valence-corrected chi connectivity index (χ2v) is 3.52. The van der Waals surface area contributed by atoms with E-state index >= 15 is 0 Å². The zero-order chi connectivity index (χ0) is 10.8. The molecule has 1 aromatic carbocycles. The number of carbonyl (C=O) groups excluding carboxylic acids is 2. The number of hydrogen-bond donors (Lipinski definition) is 1. The fraction of sp³-hybridized carbons (Fsp3) is 0.273. The van der Waals surface area contributed by atoms with Gasteiger partial charge in [-0.05, 0) is 17.7 Å². The molecule has 0 aliphatic carbocycles. The van der Waals surface area contributed by atoms with Crippen molar-refractivity contribution in [2.75, 3.05) is 11.4 Å². The van der Waals surface area contributed by atoms with E-state index in [0.717, 1.165) is 5.56 Å². The van der Waals surface area contributed by atoms with Gasteiger partial charge in [0.25, 0.3) is 0 Å². The average molecular weight is 205 g/mol. The van der Waals surface area contributed by atoms with Gasteiger partial charge in [0.2, 0.25) is 5.91 Å². The van der Waals surface area contributed by atoms with E-state index < -0.39 is 0 Å². The number of hydrogen-bond acceptors (Lipinski definition) is 3. The molecule has 0 atom stereocenters. The summed E-state index contributed by atoms with van der Waals surface area (Å²) >= 11 is 0. The summed E-state index contributed by atoms with van der Waals surface area (Å²) in [4.78, 5) is 24.0. The summed E-state index contributed by atoms with van der Waals surface area (Å²) in [6, 6.07) is 7.01. The molecule has 78 valence electrons. The maximum atomic E-state index is 11.4. The van der Waals surface area contributed by atoms with Gasteiger partial charge in [0.1, 0.15) is 0 Å². The van der Waals surface area contributed by atoms with Gasteiger partial charge in [-0.15, -0.1) is 0 Å². The van der Waals surface area contributed by atoms with Crippen molar-refractivity contribution in [1.29, 1.82) is 0 Å². The van der Waals surface area contributed by atoms with E-state index in [0.29, 0.717) is 5.69 Å². The number of aliphatic hydroxyl groups excluding tert-OH is 1. The number of anilines is 1. The molecule has 0 saturated carbocycles. The molecule has 1 saturated heterocycles. The van der Waals surface area contributed by atoms with Crippen molar-refractivity contribution in [1.82, 2.24) is 0 Å². The van der Waals surface area contributed by atoms with E-state index in [1.165, 1.54) is 4.90 Å². The molecule has 1 fully saturated rings. The van der Waals surface area contributed by atoms with Gasteiger partial charge in [0.15, 0.2) is 5.78 Å². The van der Waals surface area contributed by atoms with Crippen molar-refractivity contribution in [2.24, 2.45) is 0 Å². The van der Waals surface area contributed by atoms with Crippen LogP contribution in [-0.4, -0.2) is 23.3 Å². The van der Waals surface area contributed by atoms with Gasteiger partial charge >= 0.3 is 0 Å². The topological polar surface area (TPSA) is 57.6 Å². The number of amides is 1. The molecule has 4 heteroatoms. The summed E-state index contributed by atoms with van der Waals surface area (Å²) < 4.78 is 0. The monoisotopic (exact) mass is 205 g/mol. The Labute approximate surface area is 87.1 Å². The van der Waals surface area contributed by atoms with E-state index in [1.54, 1.807) is 24.3 Å². The number of aliphatic hydroxyl groups is 1. The maximum absolute atomic E-state index is 11.4. The number of nitrogens with zero attached hydrogens (tertiary/aromatic N) is 1. The first-order chi connectivity index (χ1) is 7.20. The number of benzene rings is 1. The number of rotatable bonds is 2. The number of carbonyl (C=O) groups is 2. The lowest BCUT2D eigenvalue weighted by molar-refractivity contribution is -0.121. The zero-order valence-corrected chi connectivity index (χ0v) is 8.14. The predicted octanol–water partition coefficient (Wildman–Crippen LogP) is 0.485. The molecule has 1 heterocycles. The largest absolute Gasteiger partial charge is 0.392 e. The highest BCUT2D eigenvalue weighted by molar-refractivity contribution is 6.15. The number of Topliss-reactive ketones (excluding diaryl/α,β-unsaturated/α-hetero) is 1. The Kier molecular flexibility index (Phi) is 2.51. The summed E-state index contributed by atoms with van der Waals surface area (Å²) in [7, 11) is 0. The summed E-state index contributed by atoms with van der Waals surface area (Å²) in [5.74, 6) is -0.232. The lowest BCUT2D eigenvalue weighted by atomic mass is 10.2. The van der Waals surface area contributed by atoms with Gasteiger partial charge in [-0.3, -0.25) is 9.59 Å². The minimum Gasteiger partial charge on any atom is -0.392 e. The highest BCUT2D eigenvalue weighted by atomic mass is 16.3. The second-order valence-electron chi connectivity index (χ2n) is 3.52. The molecule has 0 spiro atoms. The quantitative estimate of drug-likeness (QED) is 0.714. The van der Waals surface area contributed by atoms with Crippen molar-refractivity contribution in [2.45, 2.75) is 13.0 Å². The fourth-order valence-electron chi connectivity index (χ4n) is 1.64. The Morgan fingerprint density at radius 1 is 1.33 bits per heavy atom. The predicted molar refractivity (Wildman–Crippen MR) is 54.3 cm³/mol. The van der Waals surface area contributed by atoms with Crippen LogP contribution >= 0.6 is 0 Å². The van der Waals surface area contributed by atoms with Gasteiger partial charge in [-0.1, -0.05) is 12.1 Å².